The highest BCUT2D eigenvalue weighted by atomic mass is 16.7. The van der Waals surface area contributed by atoms with Gasteiger partial charge in [-0.05, 0) is 19.1 Å². The number of rotatable bonds is 8. The van der Waals surface area contributed by atoms with Gasteiger partial charge < -0.3 is 24.1 Å². The van der Waals surface area contributed by atoms with Gasteiger partial charge in [-0.2, -0.15) is 0 Å². The van der Waals surface area contributed by atoms with Crippen molar-refractivity contribution in [1.82, 2.24) is 9.55 Å². The standard InChI is InChI=1S/C20H23N3O10/c1-11-9-22(19(26)21-18(11)25)17-8-15(24)16(33-17)10-32-20(27)31-6-5-12-7-13(30-2)3-4-14(12)23(28)29/h3-4,7,9,15-17,24H,5-6,8,10H2,1-2H3,(H,21,25,26)/t15?,16-,17-/m1/s1. The fourth-order valence-electron chi connectivity index (χ4n) is 3.34. The first-order chi connectivity index (χ1) is 15.7. The summed E-state index contributed by atoms with van der Waals surface area (Å²) < 4.78 is 21.7. The number of aromatic amines is 1. The number of carbonyl (C=O) groups excluding carboxylic acids is 1. The summed E-state index contributed by atoms with van der Waals surface area (Å²) >= 11 is 0. The Morgan fingerprint density at radius 3 is 2.82 bits per heavy atom. The summed E-state index contributed by atoms with van der Waals surface area (Å²) in [5.74, 6) is 0.428. The van der Waals surface area contributed by atoms with E-state index in [-0.39, 0.29) is 31.7 Å². The Labute approximate surface area is 186 Å². The molecule has 1 fully saturated rings. The topological polar surface area (TPSA) is 172 Å². The Morgan fingerprint density at radius 1 is 1.36 bits per heavy atom. The number of benzene rings is 1. The quantitative estimate of drug-likeness (QED) is 0.323. The molecule has 0 saturated carbocycles. The molecule has 0 amide bonds. The average Bonchev–Trinajstić information content (AvgIpc) is 3.14. The van der Waals surface area contributed by atoms with Gasteiger partial charge in [-0.1, -0.05) is 0 Å². The number of aliphatic hydroxyl groups excluding tert-OH is 1. The summed E-state index contributed by atoms with van der Waals surface area (Å²) in [6.07, 6.45) is -2.40. The van der Waals surface area contributed by atoms with Crippen molar-refractivity contribution in [1.29, 1.82) is 0 Å². The first-order valence-electron chi connectivity index (χ1n) is 9.96. The van der Waals surface area contributed by atoms with Gasteiger partial charge in [0.1, 0.15) is 24.7 Å². The zero-order valence-electron chi connectivity index (χ0n) is 17.9. The lowest BCUT2D eigenvalue weighted by Crippen LogP contribution is -2.33. The van der Waals surface area contributed by atoms with Crippen LogP contribution in [0.3, 0.4) is 0 Å². The smallest absolute Gasteiger partial charge is 0.497 e. The first kappa shape index (κ1) is 23.9. The maximum Gasteiger partial charge on any atom is 0.508 e. The average molecular weight is 465 g/mol. The zero-order chi connectivity index (χ0) is 24.1. The highest BCUT2D eigenvalue weighted by Crippen LogP contribution is 2.28. The molecular formula is C20H23N3O10. The Hall–Kier alpha value is -3.71. The van der Waals surface area contributed by atoms with E-state index in [0.717, 1.165) is 4.57 Å². The van der Waals surface area contributed by atoms with E-state index in [0.29, 0.717) is 16.9 Å². The van der Waals surface area contributed by atoms with Crippen LogP contribution in [0.5, 0.6) is 5.75 Å². The van der Waals surface area contributed by atoms with Crippen molar-refractivity contribution in [3.05, 3.63) is 66.5 Å². The highest BCUT2D eigenvalue weighted by molar-refractivity contribution is 5.60. The van der Waals surface area contributed by atoms with E-state index in [4.69, 9.17) is 18.9 Å². The lowest BCUT2D eigenvalue weighted by molar-refractivity contribution is -0.385. The van der Waals surface area contributed by atoms with Gasteiger partial charge in [0.2, 0.25) is 0 Å². The minimum absolute atomic E-state index is 0.0496. The second-order valence-corrected chi connectivity index (χ2v) is 7.32. The van der Waals surface area contributed by atoms with E-state index < -0.39 is 40.8 Å². The van der Waals surface area contributed by atoms with E-state index in [1.54, 1.807) is 0 Å². The molecule has 0 bridgehead atoms. The molecule has 0 spiro atoms. The van der Waals surface area contributed by atoms with Crippen molar-refractivity contribution in [2.45, 2.75) is 38.2 Å². The van der Waals surface area contributed by atoms with E-state index in [2.05, 4.69) is 4.98 Å². The van der Waals surface area contributed by atoms with Gasteiger partial charge >= 0.3 is 11.8 Å². The SMILES string of the molecule is COc1ccc([N+](=O)[O-])c(CCOC(=O)OC[C@H]2O[C@@H](n3cc(C)c(=O)[nH]c3=O)CC2O)c1. The number of ether oxygens (including phenoxy) is 4. The van der Waals surface area contributed by atoms with Crippen LogP contribution in [0.4, 0.5) is 10.5 Å². The maximum atomic E-state index is 12.0. The number of nitro groups is 1. The van der Waals surface area contributed by atoms with Crippen molar-refractivity contribution >= 4 is 11.8 Å². The van der Waals surface area contributed by atoms with Gasteiger partial charge in [-0.3, -0.25) is 24.5 Å². The molecule has 3 atom stereocenters. The minimum Gasteiger partial charge on any atom is -0.497 e. The first-order valence-corrected chi connectivity index (χ1v) is 9.96. The number of hydrogen-bond donors (Lipinski definition) is 2. The van der Waals surface area contributed by atoms with Crippen molar-refractivity contribution in [3.63, 3.8) is 0 Å². The molecule has 0 radical (unpaired) electrons. The fraction of sp³-hybridized carbons (Fsp3) is 0.450. The lowest BCUT2D eigenvalue weighted by atomic mass is 10.1. The number of aromatic nitrogens is 2. The Bertz CT molecular complexity index is 1140. The van der Waals surface area contributed by atoms with E-state index >= 15 is 0 Å². The molecule has 1 aromatic heterocycles. The van der Waals surface area contributed by atoms with Crippen molar-refractivity contribution in [2.24, 2.45) is 0 Å². The van der Waals surface area contributed by atoms with Gasteiger partial charge in [0.25, 0.3) is 11.2 Å². The molecule has 2 N–H and O–H groups in total. The lowest BCUT2D eigenvalue weighted by Gasteiger charge is -2.16. The second kappa shape index (κ2) is 10.3. The molecule has 1 unspecified atom stereocenters. The zero-order valence-corrected chi connectivity index (χ0v) is 17.9. The van der Waals surface area contributed by atoms with E-state index in [1.165, 1.54) is 38.4 Å². The molecule has 178 valence electrons. The largest absolute Gasteiger partial charge is 0.508 e. The van der Waals surface area contributed by atoms with Gasteiger partial charge in [0, 0.05) is 36.2 Å². The molecule has 0 aliphatic carbocycles. The monoisotopic (exact) mass is 465 g/mol. The number of nitrogens with zero attached hydrogens (tertiary/aromatic N) is 2. The predicted octanol–water partition coefficient (Wildman–Crippen LogP) is 0.806. The van der Waals surface area contributed by atoms with Crippen molar-refractivity contribution in [3.8, 4) is 5.75 Å². The van der Waals surface area contributed by atoms with Gasteiger partial charge in [0.05, 0.1) is 24.7 Å². The molecule has 1 aromatic carbocycles. The summed E-state index contributed by atoms with van der Waals surface area (Å²) in [6.45, 7) is 0.999. The number of aryl methyl sites for hydroxylation is 1. The summed E-state index contributed by atoms with van der Waals surface area (Å²) in [4.78, 5) is 48.1. The van der Waals surface area contributed by atoms with Crippen LogP contribution in [-0.4, -0.2) is 58.3 Å². The number of carbonyl (C=O) groups is 1. The number of aliphatic hydroxyl groups is 1. The van der Waals surface area contributed by atoms with Crippen molar-refractivity contribution in [2.75, 3.05) is 20.3 Å². The van der Waals surface area contributed by atoms with Crippen LogP contribution in [0.1, 0.15) is 23.8 Å². The van der Waals surface area contributed by atoms with E-state index in [9.17, 15) is 29.6 Å². The summed E-state index contributed by atoms with van der Waals surface area (Å²) in [5.41, 5.74) is -0.709. The molecular weight excluding hydrogens is 442 g/mol. The molecule has 3 rings (SSSR count). The fourth-order valence-corrected chi connectivity index (χ4v) is 3.34. The maximum absolute atomic E-state index is 12.0. The molecule has 33 heavy (non-hydrogen) atoms. The summed E-state index contributed by atoms with van der Waals surface area (Å²) in [5, 5.41) is 21.3. The van der Waals surface area contributed by atoms with Crippen molar-refractivity contribution < 1.29 is 33.8 Å². The number of methoxy groups -OCH3 is 1. The number of hydrogen-bond acceptors (Lipinski definition) is 10. The summed E-state index contributed by atoms with van der Waals surface area (Å²) in [7, 11) is 1.43. The molecule has 1 aliphatic heterocycles. The Balaban J connectivity index is 1.51. The molecule has 1 saturated heterocycles. The normalized spacial score (nSPS) is 19.8. The van der Waals surface area contributed by atoms with Gasteiger partial charge in [0.15, 0.2) is 0 Å². The van der Waals surface area contributed by atoms with Crippen LogP contribution in [-0.2, 0) is 20.6 Å². The predicted molar refractivity (Wildman–Crippen MR) is 111 cm³/mol. The minimum atomic E-state index is -1.04. The molecule has 2 aromatic rings. The molecule has 13 heteroatoms. The third-order valence-corrected chi connectivity index (χ3v) is 5.10. The van der Waals surface area contributed by atoms with E-state index in [1.807, 2.05) is 0 Å². The van der Waals surface area contributed by atoms with Crippen LogP contribution >= 0.6 is 0 Å². The Morgan fingerprint density at radius 2 is 2.12 bits per heavy atom. The Kier molecular flexibility index (Phi) is 7.45. The molecule has 2 heterocycles. The number of nitro benzene ring substituents is 1. The molecule has 13 nitrogen and oxygen atoms in total. The third-order valence-electron chi connectivity index (χ3n) is 5.10. The number of nitrogens with one attached hydrogen (secondary N) is 1. The highest BCUT2D eigenvalue weighted by Gasteiger charge is 2.36. The van der Waals surface area contributed by atoms with Gasteiger partial charge in [-0.15, -0.1) is 0 Å². The van der Waals surface area contributed by atoms with Crippen LogP contribution in [0.25, 0.3) is 0 Å². The van der Waals surface area contributed by atoms with Crippen LogP contribution in [0.2, 0.25) is 0 Å². The third kappa shape index (κ3) is 5.75. The second-order valence-electron chi connectivity index (χ2n) is 7.32. The van der Waals surface area contributed by atoms with Crippen LogP contribution < -0.4 is 16.0 Å². The molecule has 1 aliphatic rings. The van der Waals surface area contributed by atoms with Crippen LogP contribution in [0.15, 0.2) is 34.0 Å². The summed E-state index contributed by atoms with van der Waals surface area (Å²) in [6, 6.07) is 4.24. The van der Waals surface area contributed by atoms with Gasteiger partial charge in [-0.25, -0.2) is 9.59 Å². The number of H-pyrrole nitrogens is 1. The van der Waals surface area contributed by atoms with Crippen LogP contribution in [0, 0.1) is 17.0 Å².